The molecule has 120 valence electrons. The summed E-state index contributed by atoms with van der Waals surface area (Å²) >= 11 is 0. The molecule has 0 fully saturated rings. The Labute approximate surface area is 137 Å². The van der Waals surface area contributed by atoms with Crippen molar-refractivity contribution < 1.29 is 9.53 Å². The molecule has 0 saturated carbocycles. The maximum absolute atomic E-state index is 12.4. The van der Waals surface area contributed by atoms with E-state index < -0.39 is 6.09 Å². The summed E-state index contributed by atoms with van der Waals surface area (Å²) < 4.78 is 6.50. The number of allylic oxidation sites excluding steroid dienone is 2. The highest BCUT2D eigenvalue weighted by atomic mass is 16.5. The lowest BCUT2D eigenvalue weighted by atomic mass is 10.0. The van der Waals surface area contributed by atoms with Crippen LogP contribution in [0, 0.1) is 11.3 Å². The van der Waals surface area contributed by atoms with Crippen LogP contribution in [-0.2, 0) is 4.74 Å². The normalized spacial score (nSPS) is 11.5. The van der Waals surface area contributed by atoms with Gasteiger partial charge >= 0.3 is 6.09 Å². The second kappa shape index (κ2) is 7.64. The largest absolute Gasteiger partial charge is 0.452 e. The second-order valence-corrected chi connectivity index (χ2v) is 5.43. The third kappa shape index (κ3) is 3.14. The van der Waals surface area contributed by atoms with E-state index in [0.29, 0.717) is 16.8 Å². The Morgan fingerprint density at radius 1 is 1.30 bits per heavy atom. The summed E-state index contributed by atoms with van der Waals surface area (Å²) in [5.74, 6) is 0. The van der Waals surface area contributed by atoms with Crippen molar-refractivity contribution in [3.63, 3.8) is 0 Å². The summed E-state index contributed by atoms with van der Waals surface area (Å²) in [6.45, 7) is 4.21. The van der Waals surface area contributed by atoms with Crippen molar-refractivity contribution in [2.75, 3.05) is 7.11 Å². The van der Waals surface area contributed by atoms with Gasteiger partial charge in [0.2, 0.25) is 0 Å². The summed E-state index contributed by atoms with van der Waals surface area (Å²) in [6.07, 6.45) is 5.38. The zero-order chi connectivity index (χ0) is 16.8. The Balaban J connectivity index is 2.83. The van der Waals surface area contributed by atoms with E-state index in [9.17, 15) is 10.1 Å². The third-order valence-electron chi connectivity index (χ3n) is 3.85. The zero-order valence-electron chi connectivity index (χ0n) is 13.9. The minimum atomic E-state index is -0.462. The third-order valence-corrected chi connectivity index (χ3v) is 3.85. The number of fused-ring (bicyclic) bond motifs is 1. The second-order valence-electron chi connectivity index (χ2n) is 5.43. The van der Waals surface area contributed by atoms with Gasteiger partial charge in [-0.15, -0.1) is 0 Å². The molecule has 0 aliphatic carbocycles. The number of carbonyl (C=O) groups is 1. The van der Waals surface area contributed by atoms with Gasteiger partial charge in [-0.25, -0.2) is 9.36 Å². The molecule has 0 atom stereocenters. The number of benzene rings is 1. The van der Waals surface area contributed by atoms with Gasteiger partial charge in [-0.3, -0.25) is 0 Å². The Hall–Kier alpha value is -2.54. The molecule has 1 heterocycles. The molecule has 0 unspecified atom stereocenters. The molecule has 2 aromatic rings. The van der Waals surface area contributed by atoms with Gasteiger partial charge in [0, 0.05) is 5.39 Å². The maximum atomic E-state index is 12.4. The molecule has 4 nitrogen and oxygen atoms in total. The highest BCUT2D eigenvalue weighted by Crippen LogP contribution is 2.33. The van der Waals surface area contributed by atoms with Crippen molar-refractivity contribution in [1.82, 2.24) is 4.57 Å². The van der Waals surface area contributed by atoms with Gasteiger partial charge in [0.05, 0.1) is 23.9 Å². The summed E-state index contributed by atoms with van der Waals surface area (Å²) in [6, 6.07) is 9.75. The summed E-state index contributed by atoms with van der Waals surface area (Å²) in [5.41, 5.74) is 2.97. The lowest BCUT2D eigenvalue weighted by molar-refractivity contribution is 0.174. The quantitative estimate of drug-likeness (QED) is 0.771. The number of nitrogens with zero attached hydrogens (tertiary/aromatic N) is 2. The van der Waals surface area contributed by atoms with E-state index in [-0.39, 0.29) is 0 Å². The Kier molecular flexibility index (Phi) is 5.59. The monoisotopic (exact) mass is 310 g/mol. The molecule has 0 aliphatic heterocycles. The highest BCUT2D eigenvalue weighted by molar-refractivity contribution is 5.99. The van der Waals surface area contributed by atoms with E-state index in [0.717, 1.165) is 36.6 Å². The molecular weight excluding hydrogens is 288 g/mol. The fraction of sp³-hybridized carbons (Fsp3) is 0.368. The van der Waals surface area contributed by atoms with Crippen LogP contribution in [0.4, 0.5) is 4.79 Å². The number of rotatable bonds is 5. The molecule has 0 N–H and O–H groups in total. The van der Waals surface area contributed by atoms with Crippen molar-refractivity contribution in [1.29, 1.82) is 5.26 Å². The average molecular weight is 310 g/mol. The molecule has 0 aliphatic rings. The number of aromatic nitrogens is 1. The smallest absolute Gasteiger partial charge is 0.418 e. The first kappa shape index (κ1) is 16.8. The van der Waals surface area contributed by atoms with Gasteiger partial charge < -0.3 is 4.74 Å². The molecule has 0 bridgehead atoms. The first-order valence-corrected chi connectivity index (χ1v) is 8.00. The average Bonchev–Trinajstić information content (AvgIpc) is 2.92. The molecule has 1 aromatic heterocycles. The van der Waals surface area contributed by atoms with Gasteiger partial charge in [0.1, 0.15) is 6.07 Å². The van der Waals surface area contributed by atoms with Gasteiger partial charge in [0.15, 0.2) is 0 Å². The fourth-order valence-electron chi connectivity index (χ4n) is 2.84. The molecule has 0 spiro atoms. The topological polar surface area (TPSA) is 55.0 Å². The summed E-state index contributed by atoms with van der Waals surface area (Å²) in [7, 11) is 1.36. The van der Waals surface area contributed by atoms with Gasteiger partial charge in [0.25, 0.3) is 0 Å². The van der Waals surface area contributed by atoms with Crippen LogP contribution in [-0.4, -0.2) is 17.8 Å². The van der Waals surface area contributed by atoms with E-state index >= 15 is 0 Å². The molecule has 2 rings (SSSR count). The standard InChI is InChI=1S/C19H22N2O2/c1-4-6-10-14(9-5-2)18-16(13-20)15-11-7-8-12-17(15)21(18)19(22)23-3/h7-8,10-12H,4-6,9H2,1-3H3/b14-10-. The lowest BCUT2D eigenvalue weighted by Crippen LogP contribution is -2.14. The van der Waals surface area contributed by atoms with Crippen molar-refractivity contribution in [3.8, 4) is 6.07 Å². The number of hydrogen-bond donors (Lipinski definition) is 0. The van der Waals surface area contributed by atoms with Crippen molar-refractivity contribution in [2.45, 2.75) is 39.5 Å². The Morgan fingerprint density at radius 3 is 2.65 bits per heavy atom. The van der Waals surface area contributed by atoms with E-state index in [4.69, 9.17) is 4.74 Å². The first-order chi connectivity index (χ1) is 11.2. The van der Waals surface area contributed by atoms with Gasteiger partial charge in [-0.2, -0.15) is 5.26 Å². The minimum absolute atomic E-state index is 0.462. The Bertz CT molecular complexity index is 778. The number of methoxy groups -OCH3 is 1. The number of unbranched alkanes of at least 4 members (excludes halogenated alkanes) is 1. The maximum Gasteiger partial charge on any atom is 0.418 e. The van der Waals surface area contributed by atoms with Crippen LogP contribution in [0.3, 0.4) is 0 Å². The molecule has 0 radical (unpaired) electrons. The predicted molar refractivity (Wildman–Crippen MR) is 92.2 cm³/mol. The number of carbonyl (C=O) groups excluding carboxylic acids is 1. The van der Waals surface area contributed by atoms with Crippen LogP contribution in [0.15, 0.2) is 30.3 Å². The van der Waals surface area contributed by atoms with Crippen LogP contribution in [0.25, 0.3) is 16.5 Å². The van der Waals surface area contributed by atoms with Crippen molar-refractivity contribution in [2.24, 2.45) is 0 Å². The Morgan fingerprint density at radius 2 is 2.04 bits per heavy atom. The molecule has 23 heavy (non-hydrogen) atoms. The van der Waals surface area contributed by atoms with E-state index in [1.165, 1.54) is 11.7 Å². The molecule has 0 amide bonds. The number of nitriles is 1. The van der Waals surface area contributed by atoms with Crippen molar-refractivity contribution in [3.05, 3.63) is 41.6 Å². The number of hydrogen-bond acceptors (Lipinski definition) is 3. The molecule has 4 heteroatoms. The summed E-state index contributed by atoms with van der Waals surface area (Å²) in [4.78, 5) is 12.4. The zero-order valence-corrected chi connectivity index (χ0v) is 13.9. The van der Waals surface area contributed by atoms with Gasteiger partial charge in [-0.05, 0) is 24.5 Å². The van der Waals surface area contributed by atoms with E-state index in [1.807, 2.05) is 24.3 Å². The predicted octanol–water partition coefficient (Wildman–Crippen LogP) is 5.11. The van der Waals surface area contributed by atoms with Crippen molar-refractivity contribution >= 4 is 22.6 Å². The lowest BCUT2D eigenvalue weighted by Gasteiger charge is -2.11. The SMILES string of the molecule is CCC/C=C(/CCC)c1c(C#N)c2ccccc2n1C(=O)OC. The first-order valence-electron chi connectivity index (χ1n) is 8.00. The van der Waals surface area contributed by atoms with Crippen LogP contribution in [0.1, 0.15) is 50.8 Å². The van der Waals surface area contributed by atoms with Crippen LogP contribution < -0.4 is 0 Å². The minimum Gasteiger partial charge on any atom is -0.452 e. The van der Waals surface area contributed by atoms with E-state index in [1.54, 1.807) is 0 Å². The summed E-state index contributed by atoms with van der Waals surface area (Å²) in [5, 5.41) is 10.5. The van der Waals surface area contributed by atoms with Crippen LogP contribution in [0.2, 0.25) is 0 Å². The number of ether oxygens (including phenoxy) is 1. The van der Waals surface area contributed by atoms with Crippen LogP contribution >= 0.6 is 0 Å². The van der Waals surface area contributed by atoms with Gasteiger partial charge in [-0.1, -0.05) is 51.0 Å². The van der Waals surface area contributed by atoms with E-state index in [2.05, 4.69) is 26.0 Å². The molecule has 0 saturated heterocycles. The molecule has 1 aromatic carbocycles. The molecular formula is C19H22N2O2. The highest BCUT2D eigenvalue weighted by Gasteiger charge is 2.23. The van der Waals surface area contributed by atoms with Crippen LogP contribution in [0.5, 0.6) is 0 Å². The fourth-order valence-corrected chi connectivity index (χ4v) is 2.84. The number of para-hydroxylation sites is 1.